The van der Waals surface area contributed by atoms with Gasteiger partial charge in [-0.05, 0) is 78.7 Å². The summed E-state index contributed by atoms with van der Waals surface area (Å²) in [5.41, 5.74) is 4.79. The Kier molecular flexibility index (Phi) is 8.04. The third kappa shape index (κ3) is 6.06. The van der Waals surface area contributed by atoms with Gasteiger partial charge in [0.15, 0.2) is 11.5 Å². The van der Waals surface area contributed by atoms with Gasteiger partial charge in [0.2, 0.25) is 0 Å². The van der Waals surface area contributed by atoms with Crippen LogP contribution in [-0.4, -0.2) is 36.7 Å². The lowest BCUT2D eigenvalue weighted by Gasteiger charge is -2.23. The number of nitrogens with zero attached hydrogens (tertiary/aromatic N) is 1. The summed E-state index contributed by atoms with van der Waals surface area (Å²) in [6.07, 6.45) is 0.549. The molecule has 192 valence electrons. The number of aromatic amines is 1. The van der Waals surface area contributed by atoms with E-state index >= 15 is 0 Å². The first-order chi connectivity index (χ1) is 17.8. The number of H-pyrrole nitrogens is 1. The number of methoxy groups -OCH3 is 2. The average molecular weight is 520 g/mol. The number of nitrogens with one attached hydrogen (secondary N) is 2. The quantitative estimate of drug-likeness (QED) is 0.295. The van der Waals surface area contributed by atoms with Gasteiger partial charge in [0, 0.05) is 22.8 Å². The van der Waals surface area contributed by atoms with Gasteiger partial charge in [-0.15, -0.1) is 0 Å². The van der Waals surface area contributed by atoms with Crippen molar-refractivity contribution in [3.63, 3.8) is 0 Å². The average Bonchev–Trinajstić information content (AvgIpc) is 2.89. The highest BCUT2D eigenvalue weighted by atomic mass is 35.5. The van der Waals surface area contributed by atoms with Crippen LogP contribution >= 0.6 is 11.6 Å². The Labute approximate surface area is 221 Å². The van der Waals surface area contributed by atoms with Crippen LogP contribution in [0.2, 0.25) is 5.02 Å². The van der Waals surface area contributed by atoms with Crippen molar-refractivity contribution in [3.05, 3.63) is 98.3 Å². The fourth-order valence-electron chi connectivity index (χ4n) is 4.21. The number of ether oxygens (including phenoxy) is 2. The van der Waals surface area contributed by atoms with Gasteiger partial charge in [-0.2, -0.15) is 0 Å². The van der Waals surface area contributed by atoms with Crippen molar-refractivity contribution >= 4 is 34.2 Å². The lowest BCUT2D eigenvalue weighted by Crippen LogP contribution is -2.37. The van der Waals surface area contributed by atoms with Crippen LogP contribution in [-0.2, 0) is 13.0 Å². The fraction of sp³-hybridized carbons (Fsp3) is 0.241. The van der Waals surface area contributed by atoms with Gasteiger partial charge in [0.1, 0.15) is 0 Å². The van der Waals surface area contributed by atoms with Gasteiger partial charge < -0.3 is 24.7 Å². The molecule has 0 bridgehead atoms. The zero-order chi connectivity index (χ0) is 26.5. The van der Waals surface area contributed by atoms with Crippen LogP contribution in [0.4, 0.5) is 10.5 Å². The van der Waals surface area contributed by atoms with E-state index in [-0.39, 0.29) is 18.1 Å². The third-order valence-electron chi connectivity index (χ3n) is 6.47. The highest BCUT2D eigenvalue weighted by Crippen LogP contribution is 2.28. The number of carbonyl (C=O) groups excluding carboxylic acids is 1. The summed E-state index contributed by atoms with van der Waals surface area (Å²) < 4.78 is 10.7. The topological polar surface area (TPSA) is 83.7 Å². The van der Waals surface area contributed by atoms with E-state index < -0.39 is 0 Å². The first kappa shape index (κ1) is 26.1. The van der Waals surface area contributed by atoms with Crippen LogP contribution in [0.5, 0.6) is 11.5 Å². The van der Waals surface area contributed by atoms with Crippen LogP contribution in [0.25, 0.3) is 10.9 Å². The molecule has 0 aliphatic heterocycles. The van der Waals surface area contributed by atoms with Crippen molar-refractivity contribution in [2.45, 2.75) is 26.8 Å². The number of halogens is 1. The van der Waals surface area contributed by atoms with Gasteiger partial charge in [-0.1, -0.05) is 35.9 Å². The number of amides is 2. The molecule has 7 nitrogen and oxygen atoms in total. The van der Waals surface area contributed by atoms with Crippen LogP contribution in [0.1, 0.15) is 22.3 Å². The maximum Gasteiger partial charge on any atom is 0.322 e. The Hall–Kier alpha value is -3.97. The summed E-state index contributed by atoms with van der Waals surface area (Å²) in [6.45, 7) is 4.50. The highest BCUT2D eigenvalue weighted by Gasteiger charge is 2.18. The zero-order valence-corrected chi connectivity index (χ0v) is 22.1. The number of pyridine rings is 1. The van der Waals surface area contributed by atoms with Gasteiger partial charge >= 0.3 is 6.03 Å². The molecule has 0 aliphatic rings. The molecule has 1 aromatic heterocycles. The molecule has 0 saturated carbocycles. The molecule has 0 aliphatic carbocycles. The Morgan fingerprint density at radius 3 is 2.51 bits per heavy atom. The number of hydrogen-bond acceptors (Lipinski definition) is 4. The molecule has 0 radical (unpaired) electrons. The first-order valence-electron chi connectivity index (χ1n) is 11.9. The largest absolute Gasteiger partial charge is 0.493 e. The molecule has 2 N–H and O–H groups in total. The highest BCUT2D eigenvalue weighted by molar-refractivity contribution is 6.30. The summed E-state index contributed by atoms with van der Waals surface area (Å²) in [5.74, 6) is 1.25. The summed E-state index contributed by atoms with van der Waals surface area (Å²) in [5, 5.41) is 4.34. The number of aromatic nitrogens is 1. The van der Waals surface area contributed by atoms with E-state index in [1.807, 2.05) is 50.2 Å². The van der Waals surface area contributed by atoms with Crippen LogP contribution < -0.4 is 20.3 Å². The summed E-state index contributed by atoms with van der Waals surface area (Å²) in [4.78, 5) is 31.0. The Bertz CT molecular complexity index is 1500. The van der Waals surface area contributed by atoms with Crippen LogP contribution in [0, 0.1) is 13.8 Å². The minimum atomic E-state index is -0.331. The Balaban J connectivity index is 1.62. The predicted molar refractivity (Wildman–Crippen MR) is 148 cm³/mol. The number of carbonyl (C=O) groups is 1. The van der Waals surface area contributed by atoms with Crippen molar-refractivity contribution in [3.8, 4) is 11.5 Å². The Morgan fingerprint density at radius 1 is 1.00 bits per heavy atom. The minimum Gasteiger partial charge on any atom is -0.493 e. The van der Waals surface area contributed by atoms with E-state index in [2.05, 4.69) is 10.3 Å². The molecule has 8 heteroatoms. The van der Waals surface area contributed by atoms with E-state index in [4.69, 9.17) is 21.1 Å². The minimum absolute atomic E-state index is 0.137. The number of fused-ring (bicyclic) bond motifs is 1. The number of urea groups is 1. The number of anilines is 1. The van der Waals surface area contributed by atoms with Gasteiger partial charge in [0.25, 0.3) is 5.56 Å². The van der Waals surface area contributed by atoms with Crippen molar-refractivity contribution in [1.29, 1.82) is 0 Å². The zero-order valence-electron chi connectivity index (χ0n) is 21.4. The molecule has 1 heterocycles. The Morgan fingerprint density at radius 2 is 1.78 bits per heavy atom. The standard InChI is InChI=1S/C29H30ClN3O4/c1-18-8-10-21-15-22(28(34)32-27(21)19(18)2)17-33(29(35)31-24-7-5-6-23(30)16-24)13-12-20-9-11-25(36-3)26(14-20)37-4/h5-11,14-16H,12-13,17H2,1-4H3,(H,31,35)(H,32,34). The molecule has 0 spiro atoms. The number of aryl methyl sites for hydroxylation is 2. The smallest absolute Gasteiger partial charge is 0.322 e. The third-order valence-corrected chi connectivity index (χ3v) is 6.71. The van der Waals surface area contributed by atoms with Gasteiger partial charge in [-0.3, -0.25) is 4.79 Å². The molecule has 0 saturated heterocycles. The molecule has 0 fully saturated rings. The monoisotopic (exact) mass is 519 g/mol. The van der Waals surface area contributed by atoms with E-state index in [0.717, 1.165) is 27.6 Å². The predicted octanol–water partition coefficient (Wildman–Crippen LogP) is 6.09. The number of benzene rings is 3. The van der Waals surface area contributed by atoms with Crippen molar-refractivity contribution < 1.29 is 14.3 Å². The first-order valence-corrected chi connectivity index (χ1v) is 12.3. The van der Waals surface area contributed by atoms with E-state index in [9.17, 15) is 9.59 Å². The number of rotatable bonds is 8. The van der Waals surface area contributed by atoms with E-state index in [1.54, 1.807) is 43.4 Å². The summed E-state index contributed by atoms with van der Waals surface area (Å²) in [6, 6.07) is 18.2. The molecule has 0 unspecified atom stereocenters. The van der Waals surface area contributed by atoms with Crippen LogP contribution in [0.15, 0.2) is 65.5 Å². The fourth-order valence-corrected chi connectivity index (χ4v) is 4.40. The van der Waals surface area contributed by atoms with Crippen molar-refractivity contribution in [2.24, 2.45) is 0 Å². The molecule has 4 rings (SSSR count). The lowest BCUT2D eigenvalue weighted by molar-refractivity contribution is 0.209. The number of hydrogen-bond donors (Lipinski definition) is 2. The molecule has 3 aromatic carbocycles. The van der Waals surface area contributed by atoms with Gasteiger partial charge in [-0.25, -0.2) is 4.79 Å². The second-order valence-corrected chi connectivity index (χ2v) is 9.33. The SMILES string of the molecule is COc1ccc(CCN(Cc2cc3ccc(C)c(C)c3[nH]c2=O)C(=O)Nc2cccc(Cl)c2)cc1OC. The maximum atomic E-state index is 13.4. The molecule has 2 amide bonds. The molecule has 4 aromatic rings. The second kappa shape index (κ2) is 11.4. The lowest BCUT2D eigenvalue weighted by atomic mass is 10.0. The molecular weight excluding hydrogens is 490 g/mol. The molecular formula is C29H30ClN3O4. The molecule has 0 atom stereocenters. The normalized spacial score (nSPS) is 10.8. The second-order valence-electron chi connectivity index (χ2n) is 8.90. The van der Waals surface area contributed by atoms with E-state index in [1.165, 1.54) is 0 Å². The van der Waals surface area contributed by atoms with Gasteiger partial charge in [0.05, 0.1) is 26.3 Å². The van der Waals surface area contributed by atoms with E-state index in [0.29, 0.717) is 40.7 Å². The van der Waals surface area contributed by atoms with Crippen LogP contribution in [0.3, 0.4) is 0 Å². The summed E-state index contributed by atoms with van der Waals surface area (Å²) in [7, 11) is 3.17. The molecule has 37 heavy (non-hydrogen) atoms. The van der Waals surface area contributed by atoms with Crippen molar-refractivity contribution in [2.75, 3.05) is 26.1 Å². The maximum absolute atomic E-state index is 13.4. The van der Waals surface area contributed by atoms with Crippen molar-refractivity contribution in [1.82, 2.24) is 9.88 Å². The summed E-state index contributed by atoms with van der Waals surface area (Å²) >= 11 is 6.10.